The highest BCUT2D eigenvalue weighted by Crippen LogP contribution is 2.46. The van der Waals surface area contributed by atoms with E-state index in [2.05, 4.69) is 6.92 Å². The Morgan fingerprint density at radius 2 is 1.45 bits per heavy atom. The molecule has 0 heterocycles. The van der Waals surface area contributed by atoms with Crippen LogP contribution in [0.2, 0.25) is 0 Å². The molecule has 1 atom stereocenters. The van der Waals surface area contributed by atoms with E-state index in [0.717, 1.165) is 11.8 Å². The van der Waals surface area contributed by atoms with Crippen LogP contribution in [0.5, 0.6) is 0 Å². The van der Waals surface area contributed by atoms with Crippen molar-refractivity contribution in [3.8, 4) is 0 Å². The van der Waals surface area contributed by atoms with E-state index < -0.39 is 0 Å². The van der Waals surface area contributed by atoms with Gasteiger partial charge in [0.1, 0.15) is 0 Å². The molecule has 2 rings (SSSR count). The fourth-order valence-electron chi connectivity index (χ4n) is 2.59. The topological polar surface area (TPSA) is 26.0 Å². The van der Waals surface area contributed by atoms with Crippen molar-refractivity contribution in [2.24, 2.45) is 17.6 Å². The number of nitrogens with two attached hydrogens (primary N) is 1. The fraction of sp³-hybridized carbons (Fsp3) is 1.00. The Bertz CT molecular complexity index is 141. The van der Waals surface area contributed by atoms with Gasteiger partial charge in [-0.05, 0) is 44.4 Å². The first-order chi connectivity index (χ1) is 5.21. The molecule has 0 aliphatic heterocycles. The normalized spacial score (nSPS) is 32.2. The first-order valence-electron chi connectivity index (χ1n) is 5.00. The minimum Gasteiger partial charge on any atom is -0.325 e. The zero-order valence-corrected chi connectivity index (χ0v) is 7.47. The first kappa shape index (κ1) is 7.60. The molecule has 0 aromatic rings. The summed E-state index contributed by atoms with van der Waals surface area (Å²) in [6.45, 7) is 2.28. The number of hydrogen-bond donors (Lipinski definition) is 1. The molecule has 0 amide bonds. The maximum atomic E-state index is 6.33. The van der Waals surface area contributed by atoms with Gasteiger partial charge in [-0.15, -0.1) is 0 Å². The summed E-state index contributed by atoms with van der Waals surface area (Å²) in [5, 5.41) is 0. The highest BCUT2D eigenvalue weighted by molar-refractivity contribution is 5.00. The molecule has 0 bridgehead atoms. The summed E-state index contributed by atoms with van der Waals surface area (Å²) in [6, 6.07) is 0. The van der Waals surface area contributed by atoms with Crippen LogP contribution in [-0.4, -0.2) is 5.54 Å². The lowest BCUT2D eigenvalue weighted by molar-refractivity contribution is 0.263. The van der Waals surface area contributed by atoms with Gasteiger partial charge < -0.3 is 5.73 Å². The monoisotopic (exact) mass is 153 g/mol. The van der Waals surface area contributed by atoms with Crippen LogP contribution in [0.15, 0.2) is 0 Å². The third kappa shape index (κ3) is 1.31. The lowest BCUT2D eigenvalue weighted by Gasteiger charge is -2.31. The van der Waals surface area contributed by atoms with E-state index in [0.29, 0.717) is 0 Å². The highest BCUT2D eigenvalue weighted by Gasteiger charge is 2.44. The molecule has 1 unspecified atom stereocenters. The molecule has 0 radical (unpaired) electrons. The molecule has 0 aromatic carbocycles. The van der Waals surface area contributed by atoms with Gasteiger partial charge >= 0.3 is 0 Å². The first-order valence-corrected chi connectivity index (χ1v) is 5.00. The fourth-order valence-corrected chi connectivity index (χ4v) is 2.59. The molecule has 0 saturated heterocycles. The van der Waals surface area contributed by atoms with Gasteiger partial charge in [0, 0.05) is 5.54 Å². The smallest absolute Gasteiger partial charge is 0.0182 e. The molecular weight excluding hydrogens is 134 g/mol. The van der Waals surface area contributed by atoms with E-state index in [9.17, 15) is 0 Å². The highest BCUT2D eigenvalue weighted by atomic mass is 14.8. The Kier molecular flexibility index (Phi) is 1.71. The van der Waals surface area contributed by atoms with Gasteiger partial charge in [0.15, 0.2) is 0 Å². The van der Waals surface area contributed by atoms with Crippen LogP contribution in [0.4, 0.5) is 0 Å². The van der Waals surface area contributed by atoms with Gasteiger partial charge in [-0.2, -0.15) is 0 Å². The van der Waals surface area contributed by atoms with Crippen molar-refractivity contribution < 1.29 is 0 Å². The van der Waals surface area contributed by atoms with Crippen LogP contribution in [0.1, 0.15) is 45.4 Å². The molecule has 2 aliphatic carbocycles. The molecule has 11 heavy (non-hydrogen) atoms. The largest absolute Gasteiger partial charge is 0.325 e. The summed E-state index contributed by atoms with van der Waals surface area (Å²) < 4.78 is 0. The maximum Gasteiger partial charge on any atom is 0.0182 e. The van der Waals surface area contributed by atoms with E-state index >= 15 is 0 Å². The van der Waals surface area contributed by atoms with Crippen molar-refractivity contribution in [1.29, 1.82) is 0 Å². The molecule has 1 heteroatoms. The predicted octanol–water partition coefficient (Wildman–Crippen LogP) is 2.30. The van der Waals surface area contributed by atoms with E-state index in [1.54, 1.807) is 0 Å². The minimum atomic E-state index is 0.191. The van der Waals surface area contributed by atoms with Crippen molar-refractivity contribution in [2.75, 3.05) is 0 Å². The molecule has 2 aliphatic rings. The summed E-state index contributed by atoms with van der Waals surface area (Å²) in [4.78, 5) is 0. The molecule has 2 fully saturated rings. The van der Waals surface area contributed by atoms with E-state index in [4.69, 9.17) is 5.73 Å². The molecule has 64 valence electrons. The van der Waals surface area contributed by atoms with Crippen LogP contribution in [0, 0.1) is 11.8 Å². The quantitative estimate of drug-likeness (QED) is 0.647. The van der Waals surface area contributed by atoms with Gasteiger partial charge in [0.2, 0.25) is 0 Å². The van der Waals surface area contributed by atoms with E-state index in [1.807, 2.05) is 0 Å². The van der Waals surface area contributed by atoms with Gasteiger partial charge in [0.05, 0.1) is 0 Å². The van der Waals surface area contributed by atoms with Crippen LogP contribution in [-0.2, 0) is 0 Å². The summed E-state index contributed by atoms with van der Waals surface area (Å²) in [5.41, 5.74) is 6.52. The van der Waals surface area contributed by atoms with Gasteiger partial charge in [-0.25, -0.2) is 0 Å². The summed E-state index contributed by atoms with van der Waals surface area (Å²) >= 11 is 0. The molecule has 1 nitrogen and oxygen atoms in total. The lowest BCUT2D eigenvalue weighted by atomic mass is 9.81. The Hall–Kier alpha value is -0.0400. The summed E-state index contributed by atoms with van der Waals surface area (Å²) in [5.74, 6) is 1.71. The second-order valence-corrected chi connectivity index (χ2v) is 4.62. The van der Waals surface area contributed by atoms with Gasteiger partial charge in [-0.1, -0.05) is 12.8 Å². The Labute approximate surface area is 69.4 Å². The van der Waals surface area contributed by atoms with Crippen molar-refractivity contribution in [3.05, 3.63) is 0 Å². The molecule has 2 N–H and O–H groups in total. The van der Waals surface area contributed by atoms with Crippen molar-refractivity contribution in [1.82, 2.24) is 0 Å². The lowest BCUT2D eigenvalue weighted by Crippen LogP contribution is -2.45. The average Bonchev–Trinajstić information content (AvgIpc) is 2.66. The summed E-state index contributed by atoms with van der Waals surface area (Å²) in [7, 11) is 0. The zero-order chi connectivity index (χ0) is 7.90. The number of rotatable bonds is 2. The standard InChI is InChI=1S/C10H19N/c1-10(11,9-6-7-9)8-4-2-3-5-8/h8-9H,2-7,11H2,1H3. The molecule has 2 saturated carbocycles. The Morgan fingerprint density at radius 1 is 1.00 bits per heavy atom. The summed E-state index contributed by atoms with van der Waals surface area (Å²) in [6.07, 6.45) is 8.41. The van der Waals surface area contributed by atoms with Crippen LogP contribution < -0.4 is 5.73 Å². The second kappa shape index (κ2) is 2.48. The SMILES string of the molecule is CC(N)(C1CCCC1)C1CC1. The Balaban J connectivity index is 1.99. The third-order valence-electron chi connectivity index (χ3n) is 3.69. The molecular formula is C10H19N. The molecule has 0 spiro atoms. The van der Waals surface area contributed by atoms with E-state index in [-0.39, 0.29) is 5.54 Å². The minimum absolute atomic E-state index is 0.191. The van der Waals surface area contributed by atoms with Crippen LogP contribution in [0.25, 0.3) is 0 Å². The predicted molar refractivity (Wildman–Crippen MR) is 47.3 cm³/mol. The number of hydrogen-bond acceptors (Lipinski definition) is 1. The van der Waals surface area contributed by atoms with E-state index in [1.165, 1.54) is 38.5 Å². The molecule has 0 aromatic heterocycles. The Morgan fingerprint density at radius 3 is 1.91 bits per heavy atom. The van der Waals surface area contributed by atoms with Gasteiger partial charge in [0.25, 0.3) is 0 Å². The third-order valence-corrected chi connectivity index (χ3v) is 3.69. The van der Waals surface area contributed by atoms with Crippen molar-refractivity contribution in [2.45, 2.75) is 51.0 Å². The maximum absolute atomic E-state index is 6.33. The van der Waals surface area contributed by atoms with Crippen LogP contribution >= 0.6 is 0 Å². The second-order valence-electron chi connectivity index (χ2n) is 4.62. The zero-order valence-electron chi connectivity index (χ0n) is 7.47. The average molecular weight is 153 g/mol. The van der Waals surface area contributed by atoms with Crippen molar-refractivity contribution in [3.63, 3.8) is 0 Å². The van der Waals surface area contributed by atoms with Gasteiger partial charge in [-0.3, -0.25) is 0 Å². The van der Waals surface area contributed by atoms with Crippen molar-refractivity contribution >= 4 is 0 Å². The van der Waals surface area contributed by atoms with Crippen LogP contribution in [0.3, 0.4) is 0 Å².